The Balaban J connectivity index is 0. The molecule has 0 aliphatic carbocycles. The molecule has 2 aromatic carbocycles. The monoisotopic (exact) mass is 530 g/mol. The number of nitrogens with two attached hydrogens (primary N) is 1. The lowest BCUT2D eigenvalue weighted by Crippen LogP contribution is -2.17. The third-order valence-electron chi connectivity index (χ3n) is 4.76. The number of hydrogen-bond acceptors (Lipinski definition) is 5. The summed E-state index contributed by atoms with van der Waals surface area (Å²) in [7, 11) is 3.08. The van der Waals surface area contributed by atoms with Crippen LogP contribution in [0.1, 0.15) is 68.0 Å². The highest BCUT2D eigenvalue weighted by Gasteiger charge is 2.31. The molecule has 210 valence electrons. The fourth-order valence-electron chi connectivity index (χ4n) is 3.36. The molecule has 0 amide bonds. The van der Waals surface area contributed by atoms with Crippen molar-refractivity contribution >= 4 is 12.8 Å². The molecular formula is C28H42F4N2O3. The fraction of sp³-hybridized carbons (Fsp3) is 0.500. The summed E-state index contributed by atoms with van der Waals surface area (Å²) in [6.07, 6.45) is -3.02. The maximum Gasteiger partial charge on any atom is 0.416 e. The first-order chi connectivity index (χ1) is 17.2. The molecule has 0 bridgehead atoms. The van der Waals surface area contributed by atoms with E-state index in [1.807, 2.05) is 6.92 Å². The molecule has 0 fully saturated rings. The predicted molar refractivity (Wildman–Crippen MR) is 142 cm³/mol. The van der Waals surface area contributed by atoms with Crippen LogP contribution in [0.25, 0.3) is 11.1 Å². The van der Waals surface area contributed by atoms with Crippen molar-refractivity contribution in [3.8, 4) is 11.1 Å². The largest absolute Gasteiger partial charge is 0.471 e. The molecule has 5 nitrogen and oxygen atoms in total. The van der Waals surface area contributed by atoms with Gasteiger partial charge in [0.25, 0.3) is 6.47 Å². The average molecular weight is 531 g/mol. The Morgan fingerprint density at radius 1 is 1.00 bits per heavy atom. The van der Waals surface area contributed by atoms with E-state index in [1.54, 1.807) is 40.0 Å². The molecular weight excluding hydrogens is 488 g/mol. The zero-order valence-electron chi connectivity index (χ0n) is 23.3. The molecule has 0 saturated carbocycles. The minimum absolute atomic E-state index is 0.139. The van der Waals surface area contributed by atoms with Crippen molar-refractivity contribution in [1.82, 2.24) is 5.32 Å². The van der Waals surface area contributed by atoms with Gasteiger partial charge in [-0.25, -0.2) is 4.39 Å². The number of aldehydes is 1. The van der Waals surface area contributed by atoms with E-state index in [9.17, 15) is 17.6 Å². The first-order valence-electron chi connectivity index (χ1n) is 11.9. The summed E-state index contributed by atoms with van der Waals surface area (Å²) in [5, 5.41) is 3.08. The van der Waals surface area contributed by atoms with Crippen LogP contribution in [0.4, 0.5) is 17.6 Å². The number of rotatable bonds is 6. The zero-order valence-corrected chi connectivity index (χ0v) is 23.3. The summed E-state index contributed by atoms with van der Waals surface area (Å²) < 4.78 is 57.4. The molecule has 0 radical (unpaired) electrons. The molecule has 3 N–H and O–H groups in total. The zero-order chi connectivity index (χ0) is 29.3. The molecule has 9 heteroatoms. The van der Waals surface area contributed by atoms with Gasteiger partial charge in [-0.15, -0.1) is 0 Å². The lowest BCUT2D eigenvalue weighted by molar-refractivity contribution is -0.137. The third kappa shape index (κ3) is 13.4. The smallest absolute Gasteiger partial charge is 0.416 e. The number of benzene rings is 2. The number of carbonyl (C=O) groups excluding carboxylic acids is 2. The van der Waals surface area contributed by atoms with Crippen molar-refractivity contribution in [3.63, 3.8) is 0 Å². The molecule has 2 rings (SSSR count). The Hall–Kier alpha value is -2.78. The first-order valence-corrected chi connectivity index (χ1v) is 11.9. The van der Waals surface area contributed by atoms with E-state index in [1.165, 1.54) is 7.11 Å². The molecule has 0 aliphatic heterocycles. The Kier molecular flexibility index (Phi) is 18.2. The van der Waals surface area contributed by atoms with E-state index in [2.05, 4.69) is 36.6 Å². The van der Waals surface area contributed by atoms with E-state index >= 15 is 0 Å². The summed E-state index contributed by atoms with van der Waals surface area (Å²) in [5.41, 5.74) is 7.55. The van der Waals surface area contributed by atoms with Gasteiger partial charge in [0.05, 0.1) is 12.7 Å². The number of halogens is 4. The topological polar surface area (TPSA) is 81.4 Å². The summed E-state index contributed by atoms with van der Waals surface area (Å²) in [6, 6.07) is 5.60. The highest BCUT2D eigenvalue weighted by molar-refractivity contribution is 5.73. The Labute approximate surface area is 218 Å². The number of alkyl halides is 3. The van der Waals surface area contributed by atoms with Gasteiger partial charge >= 0.3 is 6.18 Å². The Morgan fingerprint density at radius 3 is 1.73 bits per heavy atom. The number of methoxy groups -OCH3 is 1. The number of ether oxygens (including phenoxy) is 1. The van der Waals surface area contributed by atoms with Crippen molar-refractivity contribution in [1.29, 1.82) is 0 Å². The van der Waals surface area contributed by atoms with Crippen LogP contribution in [-0.4, -0.2) is 33.5 Å². The average Bonchev–Trinajstić information content (AvgIpc) is 2.81. The minimum atomic E-state index is -4.38. The maximum absolute atomic E-state index is 14.6. The summed E-state index contributed by atoms with van der Waals surface area (Å²) >= 11 is 0. The molecule has 0 aliphatic rings. The van der Waals surface area contributed by atoms with Crippen LogP contribution in [0.2, 0.25) is 0 Å². The van der Waals surface area contributed by atoms with Crippen LogP contribution in [0, 0.1) is 32.5 Å². The second kappa shape index (κ2) is 18.5. The van der Waals surface area contributed by atoms with E-state index in [0.717, 1.165) is 29.2 Å². The number of hydrogen-bond donors (Lipinski definition) is 2. The predicted octanol–water partition coefficient (Wildman–Crippen LogP) is 6.70. The molecule has 0 spiro atoms. The second-order valence-corrected chi connectivity index (χ2v) is 8.90. The molecule has 2 aromatic rings. The van der Waals surface area contributed by atoms with Gasteiger partial charge in [0.2, 0.25) is 0 Å². The van der Waals surface area contributed by atoms with Crippen molar-refractivity contribution in [3.05, 3.63) is 57.9 Å². The van der Waals surface area contributed by atoms with Crippen LogP contribution in [0.15, 0.2) is 24.3 Å². The number of aryl methyl sites for hydroxylation is 3. The van der Waals surface area contributed by atoms with E-state index in [-0.39, 0.29) is 18.4 Å². The van der Waals surface area contributed by atoms with Gasteiger partial charge in [-0.05, 0) is 92.2 Å². The van der Waals surface area contributed by atoms with Gasteiger partial charge in [0, 0.05) is 18.2 Å². The first kappa shape index (κ1) is 36.4. The van der Waals surface area contributed by atoms with Crippen LogP contribution in [0.5, 0.6) is 0 Å². The summed E-state index contributed by atoms with van der Waals surface area (Å²) in [5.74, 6) is 0.562. The van der Waals surface area contributed by atoms with E-state index in [4.69, 9.17) is 9.59 Å². The van der Waals surface area contributed by atoms with Crippen molar-refractivity contribution in [2.24, 2.45) is 11.7 Å². The van der Waals surface area contributed by atoms with Gasteiger partial charge in [-0.1, -0.05) is 27.7 Å². The van der Waals surface area contributed by atoms with E-state index < -0.39 is 11.7 Å². The maximum atomic E-state index is 14.6. The van der Waals surface area contributed by atoms with Crippen molar-refractivity contribution < 1.29 is 31.9 Å². The van der Waals surface area contributed by atoms with Crippen molar-refractivity contribution in [2.75, 3.05) is 20.7 Å². The second-order valence-electron chi connectivity index (χ2n) is 8.90. The SMILES string of the molecule is CC(C)C.CCC(NC)c1cc(-c2c(C)cc(C(F)(F)F)cc2C)cc(C)c1F.COC=O.NCC=O. The quantitative estimate of drug-likeness (QED) is 0.321. The lowest BCUT2D eigenvalue weighted by atomic mass is 9.89. The van der Waals surface area contributed by atoms with Gasteiger partial charge in [-0.3, -0.25) is 4.79 Å². The highest BCUT2D eigenvalue weighted by Crippen LogP contribution is 2.37. The van der Waals surface area contributed by atoms with Gasteiger partial charge in [0.1, 0.15) is 12.1 Å². The standard InChI is InChI=1S/C20H23F4N.C4H10.C2H5NO.C2H4O2/c1-6-17(25-5)16-10-14(7-13(4)19(16)21)18-11(2)8-15(9-12(18)3)20(22,23)24;1-4(2)3;3-1-2-4;1-4-2-3/h7-10,17,25H,6H2,1-5H3;4H,1-3H3;2H,1,3H2;2H,1H3. The van der Waals surface area contributed by atoms with Crippen LogP contribution >= 0.6 is 0 Å². The fourth-order valence-corrected chi connectivity index (χ4v) is 3.36. The normalized spacial score (nSPS) is 11.1. The van der Waals surface area contributed by atoms with Crippen molar-refractivity contribution in [2.45, 2.75) is 67.1 Å². The molecule has 1 unspecified atom stereocenters. The number of carbonyl (C=O) groups is 2. The van der Waals surface area contributed by atoms with Crippen LogP contribution < -0.4 is 11.1 Å². The van der Waals surface area contributed by atoms with E-state index in [0.29, 0.717) is 41.4 Å². The van der Waals surface area contributed by atoms with Gasteiger partial charge in [-0.2, -0.15) is 13.2 Å². The van der Waals surface area contributed by atoms with Crippen LogP contribution in [0.3, 0.4) is 0 Å². The Morgan fingerprint density at radius 2 is 1.43 bits per heavy atom. The molecule has 0 heterocycles. The summed E-state index contributed by atoms with van der Waals surface area (Å²) in [4.78, 5) is 18.0. The molecule has 0 saturated heterocycles. The summed E-state index contributed by atoms with van der Waals surface area (Å²) in [6.45, 7) is 14.0. The van der Waals surface area contributed by atoms with Crippen LogP contribution in [-0.2, 0) is 20.5 Å². The molecule has 37 heavy (non-hydrogen) atoms. The lowest BCUT2D eigenvalue weighted by Gasteiger charge is -2.20. The van der Waals surface area contributed by atoms with Gasteiger partial charge in [0.15, 0.2) is 0 Å². The number of nitrogens with one attached hydrogen (secondary N) is 1. The van der Waals surface area contributed by atoms with Gasteiger partial charge < -0.3 is 20.6 Å². The minimum Gasteiger partial charge on any atom is -0.471 e. The Bertz CT molecular complexity index is 923. The molecule has 0 aromatic heterocycles. The highest BCUT2D eigenvalue weighted by atomic mass is 19.4. The third-order valence-corrected chi connectivity index (χ3v) is 4.76. The molecule has 1 atom stereocenters.